The van der Waals surface area contributed by atoms with Crippen LogP contribution >= 0.6 is 34.8 Å². The van der Waals surface area contributed by atoms with Crippen LogP contribution in [0.25, 0.3) is 0 Å². The van der Waals surface area contributed by atoms with Gasteiger partial charge < -0.3 is 15.6 Å². The van der Waals surface area contributed by atoms with Crippen LogP contribution in [0.1, 0.15) is 38.2 Å². The van der Waals surface area contributed by atoms with E-state index < -0.39 is 11.6 Å². The predicted octanol–water partition coefficient (Wildman–Crippen LogP) is 6.41. The molecule has 0 saturated heterocycles. The summed E-state index contributed by atoms with van der Waals surface area (Å²) in [5.74, 6) is -0.949. The zero-order valence-corrected chi connectivity index (χ0v) is 19.3. The molecule has 0 aromatic heterocycles. The molecular formula is C23H23Cl3N2O3. The number of aliphatic carboxylic acids is 1. The summed E-state index contributed by atoms with van der Waals surface area (Å²) in [6, 6.07) is 12.2. The molecular weight excluding hydrogens is 459 g/mol. The summed E-state index contributed by atoms with van der Waals surface area (Å²) in [6.07, 6.45) is 2.60. The molecule has 1 aliphatic carbocycles. The fourth-order valence-corrected chi connectivity index (χ4v) is 4.08. The van der Waals surface area contributed by atoms with Gasteiger partial charge in [-0.3, -0.25) is 0 Å². The molecule has 0 spiro atoms. The molecule has 5 nitrogen and oxygen atoms in total. The topological polar surface area (TPSA) is 84.9 Å². The number of halogens is 3. The predicted molar refractivity (Wildman–Crippen MR) is 126 cm³/mol. The molecule has 1 aliphatic rings. The van der Waals surface area contributed by atoms with E-state index >= 15 is 0 Å². The van der Waals surface area contributed by atoms with Crippen LogP contribution in [-0.2, 0) is 9.53 Å². The van der Waals surface area contributed by atoms with Gasteiger partial charge in [-0.25, -0.2) is 9.79 Å². The number of ether oxygens (including phenoxy) is 1. The number of aliphatic imine (C=N–C) groups is 1. The third kappa shape index (κ3) is 5.60. The van der Waals surface area contributed by atoms with Gasteiger partial charge in [0, 0.05) is 21.3 Å². The van der Waals surface area contributed by atoms with Gasteiger partial charge in [0.1, 0.15) is 0 Å². The maximum atomic E-state index is 11.8. The van der Waals surface area contributed by atoms with Crippen LogP contribution in [0.5, 0.6) is 0 Å². The van der Waals surface area contributed by atoms with Crippen LogP contribution < -0.4 is 5.73 Å². The normalized spacial score (nSPS) is 16.8. The lowest BCUT2D eigenvalue weighted by molar-refractivity contribution is -0.164. The molecule has 0 heterocycles. The quantitative estimate of drug-likeness (QED) is 0.447. The van der Waals surface area contributed by atoms with Gasteiger partial charge in [-0.05, 0) is 68.5 Å². The highest BCUT2D eigenvalue weighted by Crippen LogP contribution is 2.34. The number of rotatable bonds is 7. The molecule has 0 radical (unpaired) electrons. The fourth-order valence-electron chi connectivity index (χ4n) is 3.51. The number of allylic oxidation sites excluding steroid dienone is 1. The van der Waals surface area contributed by atoms with Crippen LogP contribution in [-0.4, -0.2) is 29.0 Å². The van der Waals surface area contributed by atoms with Crippen LogP contribution in [0, 0.1) is 0 Å². The van der Waals surface area contributed by atoms with E-state index in [0.717, 1.165) is 18.4 Å². The zero-order chi connectivity index (χ0) is 22.6. The van der Waals surface area contributed by atoms with Gasteiger partial charge in [-0.15, -0.1) is 0 Å². The first-order valence-corrected chi connectivity index (χ1v) is 11.0. The zero-order valence-electron chi connectivity index (χ0n) is 17.0. The molecule has 2 aromatic rings. The molecule has 164 valence electrons. The largest absolute Gasteiger partial charge is 0.479 e. The average Bonchev–Trinajstić information content (AvgIpc) is 3.22. The summed E-state index contributed by atoms with van der Waals surface area (Å²) in [5, 5.41) is 11.1. The lowest BCUT2D eigenvalue weighted by atomic mass is 10.0. The fraction of sp³-hybridized carbons (Fsp3) is 0.304. The lowest BCUT2D eigenvalue weighted by Gasteiger charge is -2.25. The third-order valence-corrected chi connectivity index (χ3v) is 6.19. The van der Waals surface area contributed by atoms with Crippen LogP contribution in [0.4, 0.5) is 5.69 Å². The van der Waals surface area contributed by atoms with Gasteiger partial charge in [0.25, 0.3) is 0 Å². The molecule has 31 heavy (non-hydrogen) atoms. The minimum absolute atomic E-state index is 0.0148. The van der Waals surface area contributed by atoms with Crippen molar-refractivity contribution in [1.29, 1.82) is 0 Å². The van der Waals surface area contributed by atoms with Gasteiger partial charge in [-0.2, -0.15) is 0 Å². The Labute approximate surface area is 196 Å². The average molecular weight is 482 g/mol. The van der Waals surface area contributed by atoms with Crippen molar-refractivity contribution in [3.8, 4) is 0 Å². The number of hydrogen-bond acceptors (Lipinski definition) is 4. The van der Waals surface area contributed by atoms with E-state index in [9.17, 15) is 9.90 Å². The summed E-state index contributed by atoms with van der Waals surface area (Å²) in [5.41, 5.74) is 8.11. The summed E-state index contributed by atoms with van der Waals surface area (Å²) < 4.78 is 5.83. The maximum absolute atomic E-state index is 11.8. The van der Waals surface area contributed by atoms with Crippen molar-refractivity contribution in [3.05, 3.63) is 74.4 Å². The smallest absolute Gasteiger partial charge is 0.335 e. The van der Waals surface area contributed by atoms with Crippen molar-refractivity contribution in [2.45, 2.75) is 38.2 Å². The van der Waals surface area contributed by atoms with Gasteiger partial charge in [-0.1, -0.05) is 46.9 Å². The summed E-state index contributed by atoms with van der Waals surface area (Å²) >= 11 is 18.4. The van der Waals surface area contributed by atoms with Crippen molar-refractivity contribution >= 4 is 52.2 Å². The van der Waals surface area contributed by atoms with Gasteiger partial charge in [0.2, 0.25) is 0 Å². The number of carbonyl (C=O) groups is 1. The lowest BCUT2D eigenvalue weighted by Crippen LogP contribution is -2.39. The van der Waals surface area contributed by atoms with E-state index in [2.05, 4.69) is 0 Å². The van der Waals surface area contributed by atoms with Crippen molar-refractivity contribution in [2.24, 2.45) is 10.7 Å². The molecule has 0 bridgehead atoms. The summed E-state index contributed by atoms with van der Waals surface area (Å²) in [6.45, 7) is 1.80. The van der Waals surface area contributed by atoms with E-state index in [1.54, 1.807) is 30.3 Å². The summed E-state index contributed by atoms with van der Waals surface area (Å²) in [7, 11) is 0. The van der Waals surface area contributed by atoms with E-state index in [-0.39, 0.29) is 6.61 Å². The molecule has 3 rings (SSSR count). The highest BCUT2D eigenvalue weighted by Gasteiger charge is 2.42. The second-order valence-electron chi connectivity index (χ2n) is 7.51. The molecule has 1 fully saturated rings. The highest BCUT2D eigenvalue weighted by molar-refractivity contribution is 6.36. The van der Waals surface area contributed by atoms with Crippen molar-refractivity contribution in [2.75, 3.05) is 6.61 Å². The molecule has 0 unspecified atom stereocenters. The van der Waals surface area contributed by atoms with E-state index in [4.69, 9.17) is 50.3 Å². The second-order valence-corrected chi connectivity index (χ2v) is 8.79. The number of benzene rings is 2. The van der Waals surface area contributed by atoms with E-state index in [1.807, 2.05) is 19.1 Å². The Morgan fingerprint density at radius 1 is 1.10 bits per heavy atom. The number of nitrogens with zero attached hydrogens (tertiary/aromatic N) is 1. The third-order valence-electron chi connectivity index (χ3n) is 5.40. The monoisotopic (exact) mass is 480 g/mol. The second kappa shape index (κ2) is 10.0. The van der Waals surface area contributed by atoms with Crippen LogP contribution in [0.2, 0.25) is 15.1 Å². The Morgan fingerprint density at radius 3 is 2.29 bits per heavy atom. The minimum atomic E-state index is -1.18. The Kier molecular flexibility index (Phi) is 7.65. The van der Waals surface area contributed by atoms with Crippen molar-refractivity contribution < 1.29 is 14.6 Å². The number of carboxylic acid groups (broad SMARTS) is 1. The van der Waals surface area contributed by atoms with Gasteiger partial charge >= 0.3 is 5.97 Å². The van der Waals surface area contributed by atoms with Crippen molar-refractivity contribution in [1.82, 2.24) is 0 Å². The Bertz CT molecular complexity index is 1030. The maximum Gasteiger partial charge on any atom is 0.335 e. The molecule has 8 heteroatoms. The SMILES string of the molecule is C/C(C(=Nc1ccc(Cl)cc1Cl)c1ccc(Cl)cc1)=C(/N)COC1(C(=O)O)CCCC1. The molecule has 1 saturated carbocycles. The van der Waals surface area contributed by atoms with Crippen molar-refractivity contribution in [3.63, 3.8) is 0 Å². The number of hydrogen-bond donors (Lipinski definition) is 2. The Hall–Kier alpha value is -2.05. The Balaban J connectivity index is 1.98. The standard InChI is InChI=1S/C23H23Cl3N2O3/c1-14(19(27)13-31-23(22(29)30)10-2-3-11-23)21(15-4-6-16(24)7-5-15)28-20-9-8-17(25)12-18(20)26/h4-9,12H,2-3,10-11,13,27H2,1H3,(H,29,30)/b19-14-,28-21?. The molecule has 3 N–H and O–H groups in total. The first-order chi connectivity index (χ1) is 14.7. The molecule has 0 amide bonds. The summed E-state index contributed by atoms with van der Waals surface area (Å²) in [4.78, 5) is 16.5. The van der Waals surface area contributed by atoms with E-state index in [1.165, 1.54) is 0 Å². The molecule has 0 atom stereocenters. The van der Waals surface area contributed by atoms with Crippen LogP contribution in [0.3, 0.4) is 0 Å². The minimum Gasteiger partial charge on any atom is -0.479 e. The van der Waals surface area contributed by atoms with Gasteiger partial charge in [0.05, 0.1) is 23.0 Å². The van der Waals surface area contributed by atoms with E-state index in [0.29, 0.717) is 50.6 Å². The number of carboxylic acids is 1. The van der Waals surface area contributed by atoms with Crippen LogP contribution in [0.15, 0.2) is 58.7 Å². The first-order valence-electron chi connectivity index (χ1n) is 9.84. The van der Waals surface area contributed by atoms with Gasteiger partial charge in [0.15, 0.2) is 5.60 Å². The molecule has 2 aromatic carbocycles. The highest BCUT2D eigenvalue weighted by atomic mass is 35.5. The molecule has 0 aliphatic heterocycles. The first kappa shape index (κ1) is 23.6. The Morgan fingerprint density at radius 2 is 1.71 bits per heavy atom. The number of nitrogens with two attached hydrogens (primary N) is 1.